The lowest BCUT2D eigenvalue weighted by Gasteiger charge is -2.11. The minimum atomic E-state index is -0.288. The Hall–Kier alpha value is -4.06. The zero-order chi connectivity index (χ0) is 20.1. The lowest BCUT2D eigenvalue weighted by molar-refractivity contribution is 0.0953. The standard InChI is InChI=1S/C23H19N5O/c1-2-13-25-23(29)19-15-20(28-22(27-19)17-8-4-3-5-9-17)26-18-12-6-10-16-11-7-14-24-21(16)18/h2-12,14-15H,1,13H2,(H,25,29)(H,26,27,28). The number of carbonyl (C=O) groups is 1. The number of pyridine rings is 1. The van der Waals surface area contributed by atoms with Crippen LogP contribution in [0.1, 0.15) is 10.5 Å². The van der Waals surface area contributed by atoms with Gasteiger partial charge in [0.1, 0.15) is 11.5 Å². The summed E-state index contributed by atoms with van der Waals surface area (Å²) in [5.74, 6) is 0.692. The lowest BCUT2D eigenvalue weighted by atomic mass is 10.2. The Morgan fingerprint density at radius 2 is 1.83 bits per heavy atom. The van der Waals surface area contributed by atoms with E-state index in [1.807, 2.05) is 60.7 Å². The number of nitrogens with one attached hydrogen (secondary N) is 2. The number of hydrogen-bond acceptors (Lipinski definition) is 5. The fourth-order valence-electron chi connectivity index (χ4n) is 2.94. The zero-order valence-electron chi connectivity index (χ0n) is 15.7. The fraction of sp³-hybridized carbons (Fsp3) is 0.0435. The van der Waals surface area contributed by atoms with Gasteiger partial charge in [0.2, 0.25) is 0 Å². The summed E-state index contributed by atoms with van der Waals surface area (Å²) >= 11 is 0. The third-order valence-electron chi connectivity index (χ3n) is 4.29. The summed E-state index contributed by atoms with van der Waals surface area (Å²) in [7, 11) is 0. The second-order valence-electron chi connectivity index (χ2n) is 6.33. The molecule has 6 nitrogen and oxygen atoms in total. The molecule has 0 bridgehead atoms. The van der Waals surface area contributed by atoms with Gasteiger partial charge in [0.05, 0.1) is 11.2 Å². The van der Waals surface area contributed by atoms with Crippen LogP contribution in [0.5, 0.6) is 0 Å². The molecule has 142 valence electrons. The number of fused-ring (bicyclic) bond motifs is 1. The number of amides is 1. The van der Waals surface area contributed by atoms with Crippen molar-refractivity contribution < 1.29 is 4.79 Å². The Morgan fingerprint density at radius 3 is 2.66 bits per heavy atom. The molecular weight excluding hydrogens is 362 g/mol. The molecule has 1 amide bonds. The van der Waals surface area contributed by atoms with Gasteiger partial charge in [-0.2, -0.15) is 0 Å². The van der Waals surface area contributed by atoms with Gasteiger partial charge in [-0.05, 0) is 12.1 Å². The molecule has 0 aliphatic carbocycles. The smallest absolute Gasteiger partial charge is 0.270 e. The summed E-state index contributed by atoms with van der Waals surface area (Å²) in [6, 6.07) is 20.9. The van der Waals surface area contributed by atoms with Gasteiger partial charge in [-0.15, -0.1) is 6.58 Å². The predicted molar refractivity (Wildman–Crippen MR) is 115 cm³/mol. The number of rotatable bonds is 6. The average Bonchev–Trinajstić information content (AvgIpc) is 2.78. The Balaban J connectivity index is 1.77. The monoisotopic (exact) mass is 381 g/mol. The van der Waals surface area contributed by atoms with Gasteiger partial charge in [0.25, 0.3) is 5.91 Å². The van der Waals surface area contributed by atoms with E-state index in [9.17, 15) is 4.79 Å². The van der Waals surface area contributed by atoms with E-state index in [2.05, 4.69) is 32.2 Å². The van der Waals surface area contributed by atoms with Gasteiger partial charge in [-0.1, -0.05) is 54.6 Å². The van der Waals surface area contributed by atoms with Crippen molar-refractivity contribution in [2.45, 2.75) is 0 Å². The molecule has 0 aliphatic rings. The molecule has 2 aromatic heterocycles. The van der Waals surface area contributed by atoms with E-state index in [1.165, 1.54) is 0 Å². The van der Waals surface area contributed by atoms with E-state index < -0.39 is 0 Å². The summed E-state index contributed by atoms with van der Waals surface area (Å²) in [4.78, 5) is 26.0. The van der Waals surface area contributed by atoms with Gasteiger partial charge in [-0.3, -0.25) is 9.78 Å². The van der Waals surface area contributed by atoms with Crippen molar-refractivity contribution in [3.8, 4) is 11.4 Å². The second kappa shape index (κ2) is 8.31. The van der Waals surface area contributed by atoms with Crippen LogP contribution in [0.2, 0.25) is 0 Å². The van der Waals surface area contributed by atoms with Crippen molar-refractivity contribution in [3.63, 3.8) is 0 Å². The maximum absolute atomic E-state index is 12.5. The largest absolute Gasteiger partial charge is 0.347 e. The maximum Gasteiger partial charge on any atom is 0.270 e. The molecule has 2 N–H and O–H groups in total. The minimum Gasteiger partial charge on any atom is -0.347 e. The second-order valence-corrected chi connectivity index (χ2v) is 6.33. The van der Waals surface area contributed by atoms with Gasteiger partial charge < -0.3 is 10.6 Å². The number of para-hydroxylation sites is 1. The van der Waals surface area contributed by atoms with Crippen molar-refractivity contribution in [1.82, 2.24) is 20.3 Å². The van der Waals surface area contributed by atoms with E-state index in [4.69, 9.17) is 0 Å². The normalized spacial score (nSPS) is 10.5. The molecule has 4 aromatic rings. The highest BCUT2D eigenvalue weighted by Gasteiger charge is 2.13. The van der Waals surface area contributed by atoms with Crippen LogP contribution in [0.3, 0.4) is 0 Å². The first-order valence-electron chi connectivity index (χ1n) is 9.19. The van der Waals surface area contributed by atoms with Crippen LogP contribution in [0.4, 0.5) is 11.5 Å². The topological polar surface area (TPSA) is 79.8 Å². The van der Waals surface area contributed by atoms with E-state index >= 15 is 0 Å². The Bertz CT molecular complexity index is 1170. The molecule has 0 unspecified atom stereocenters. The van der Waals surface area contributed by atoms with E-state index in [1.54, 1.807) is 18.3 Å². The van der Waals surface area contributed by atoms with Crippen molar-refractivity contribution >= 4 is 28.3 Å². The molecule has 0 atom stereocenters. The van der Waals surface area contributed by atoms with Crippen LogP contribution in [-0.4, -0.2) is 27.4 Å². The molecule has 4 rings (SSSR count). The molecule has 2 aromatic carbocycles. The van der Waals surface area contributed by atoms with Crippen LogP contribution >= 0.6 is 0 Å². The van der Waals surface area contributed by atoms with Crippen LogP contribution in [-0.2, 0) is 0 Å². The third kappa shape index (κ3) is 4.11. The first kappa shape index (κ1) is 18.3. The summed E-state index contributed by atoms with van der Waals surface area (Å²) in [6.07, 6.45) is 3.37. The fourth-order valence-corrected chi connectivity index (χ4v) is 2.94. The lowest BCUT2D eigenvalue weighted by Crippen LogP contribution is -2.24. The van der Waals surface area contributed by atoms with Gasteiger partial charge in [0, 0.05) is 29.8 Å². The molecule has 0 fully saturated rings. The summed E-state index contributed by atoms with van der Waals surface area (Å²) in [5, 5.41) is 7.07. The van der Waals surface area contributed by atoms with E-state index in [0.29, 0.717) is 18.2 Å². The zero-order valence-corrected chi connectivity index (χ0v) is 15.7. The molecular formula is C23H19N5O. The molecule has 0 radical (unpaired) electrons. The Labute approximate surface area is 168 Å². The highest BCUT2D eigenvalue weighted by molar-refractivity contribution is 5.95. The van der Waals surface area contributed by atoms with E-state index in [0.717, 1.165) is 22.2 Å². The summed E-state index contributed by atoms with van der Waals surface area (Å²) in [5.41, 5.74) is 2.73. The van der Waals surface area contributed by atoms with Crippen molar-refractivity contribution in [2.24, 2.45) is 0 Å². The molecule has 0 spiro atoms. The number of hydrogen-bond donors (Lipinski definition) is 2. The maximum atomic E-state index is 12.5. The van der Waals surface area contributed by atoms with Gasteiger partial charge >= 0.3 is 0 Å². The molecule has 0 saturated heterocycles. The number of carbonyl (C=O) groups excluding carboxylic acids is 1. The summed E-state index contributed by atoms with van der Waals surface area (Å²) in [6.45, 7) is 3.99. The molecule has 0 aliphatic heterocycles. The molecule has 2 heterocycles. The third-order valence-corrected chi connectivity index (χ3v) is 4.29. The van der Waals surface area contributed by atoms with Crippen molar-refractivity contribution in [3.05, 3.63) is 91.3 Å². The highest BCUT2D eigenvalue weighted by atomic mass is 16.1. The van der Waals surface area contributed by atoms with Crippen LogP contribution in [0.25, 0.3) is 22.3 Å². The quantitative estimate of drug-likeness (QED) is 0.485. The average molecular weight is 381 g/mol. The van der Waals surface area contributed by atoms with E-state index in [-0.39, 0.29) is 11.6 Å². The first-order chi connectivity index (χ1) is 14.2. The van der Waals surface area contributed by atoms with Crippen molar-refractivity contribution in [1.29, 1.82) is 0 Å². The number of anilines is 2. The summed E-state index contributed by atoms with van der Waals surface area (Å²) < 4.78 is 0. The van der Waals surface area contributed by atoms with Crippen LogP contribution in [0, 0.1) is 0 Å². The number of nitrogens with zero attached hydrogens (tertiary/aromatic N) is 3. The SMILES string of the molecule is C=CCNC(=O)c1cc(Nc2cccc3cccnc23)nc(-c2ccccc2)n1. The Morgan fingerprint density at radius 1 is 1.00 bits per heavy atom. The van der Waals surface area contributed by atoms with Crippen LogP contribution in [0.15, 0.2) is 85.6 Å². The Kier molecular flexibility index (Phi) is 5.25. The molecule has 29 heavy (non-hydrogen) atoms. The van der Waals surface area contributed by atoms with Gasteiger partial charge in [0.15, 0.2) is 5.82 Å². The number of benzene rings is 2. The molecule has 0 saturated carbocycles. The van der Waals surface area contributed by atoms with Gasteiger partial charge in [-0.25, -0.2) is 9.97 Å². The van der Waals surface area contributed by atoms with Crippen LogP contribution < -0.4 is 10.6 Å². The number of aromatic nitrogens is 3. The first-order valence-corrected chi connectivity index (χ1v) is 9.19. The van der Waals surface area contributed by atoms with Crippen molar-refractivity contribution in [2.75, 3.05) is 11.9 Å². The highest BCUT2D eigenvalue weighted by Crippen LogP contribution is 2.25. The molecule has 6 heteroatoms. The predicted octanol–water partition coefficient (Wildman–Crippen LogP) is 4.35. The minimum absolute atomic E-state index is 0.274.